The Morgan fingerprint density at radius 2 is 1.74 bits per heavy atom. The van der Waals surface area contributed by atoms with Gasteiger partial charge in [0.2, 0.25) is 0 Å². The molecule has 0 aliphatic carbocycles. The van der Waals surface area contributed by atoms with Crippen LogP contribution in [0, 0.1) is 0 Å². The van der Waals surface area contributed by atoms with Crippen molar-refractivity contribution in [2.45, 2.75) is 20.7 Å². The van der Waals surface area contributed by atoms with Gasteiger partial charge in [-0.2, -0.15) is 0 Å². The van der Waals surface area contributed by atoms with Crippen molar-refractivity contribution in [3.05, 3.63) is 71.2 Å². The third-order valence-electron chi connectivity index (χ3n) is 5.14. The van der Waals surface area contributed by atoms with E-state index in [1.165, 1.54) is 11.8 Å². The monoisotopic (exact) mass is 556 g/mol. The molecule has 2 atom stereocenters. The summed E-state index contributed by atoms with van der Waals surface area (Å²) in [6.07, 6.45) is -2.50. The van der Waals surface area contributed by atoms with Gasteiger partial charge in [0.15, 0.2) is 6.10 Å². The highest BCUT2D eigenvalue weighted by atomic mass is 35.6. The van der Waals surface area contributed by atoms with Gasteiger partial charge in [-0.1, -0.05) is 76.7 Å². The molecule has 3 aromatic rings. The quantitative estimate of drug-likeness (QED) is 0.367. The van der Waals surface area contributed by atoms with Gasteiger partial charge in [0.1, 0.15) is 0 Å². The van der Waals surface area contributed by atoms with Gasteiger partial charge in [0, 0.05) is 27.3 Å². The van der Waals surface area contributed by atoms with Crippen molar-refractivity contribution in [3.63, 3.8) is 0 Å². The van der Waals surface area contributed by atoms with E-state index in [2.05, 4.69) is 5.32 Å². The summed E-state index contributed by atoms with van der Waals surface area (Å²) in [7, 11) is 0. The first-order valence-electron chi connectivity index (χ1n) is 9.92. The Labute approximate surface area is 219 Å². The summed E-state index contributed by atoms with van der Waals surface area (Å²) in [4.78, 5) is 38.6. The molecule has 2 unspecified atom stereocenters. The largest absolute Gasteiger partial charge is 0.435 e. The van der Waals surface area contributed by atoms with E-state index in [1.807, 2.05) is 47.8 Å². The fourth-order valence-electron chi connectivity index (χ4n) is 3.57. The van der Waals surface area contributed by atoms with Crippen molar-refractivity contribution in [2.24, 2.45) is 0 Å². The van der Waals surface area contributed by atoms with Crippen LogP contribution in [0.5, 0.6) is 0 Å². The summed E-state index contributed by atoms with van der Waals surface area (Å²) >= 11 is 24.2. The number of halogens is 4. The minimum absolute atomic E-state index is 0.456. The van der Waals surface area contributed by atoms with Crippen molar-refractivity contribution in [1.82, 2.24) is 5.32 Å². The summed E-state index contributed by atoms with van der Waals surface area (Å²) in [5.41, 5.74) is 1.28. The number of alkyl halides is 3. The lowest BCUT2D eigenvalue weighted by Crippen LogP contribution is -2.44. The zero-order valence-electron chi connectivity index (χ0n) is 17.2. The fourth-order valence-corrected chi connectivity index (χ4v) is 5.14. The molecule has 1 heterocycles. The van der Waals surface area contributed by atoms with Gasteiger partial charge in [0.25, 0.3) is 15.6 Å². The van der Waals surface area contributed by atoms with Gasteiger partial charge in [-0.05, 0) is 46.7 Å². The van der Waals surface area contributed by atoms with Crippen LogP contribution in [-0.4, -0.2) is 33.6 Å². The van der Waals surface area contributed by atoms with Crippen LogP contribution in [0.1, 0.15) is 11.5 Å². The van der Waals surface area contributed by atoms with Crippen LogP contribution in [0.4, 0.5) is 10.5 Å². The number of hydrogen-bond acceptors (Lipinski definition) is 5. The highest BCUT2D eigenvalue weighted by molar-refractivity contribution is 7.99. The molecule has 1 aliphatic heterocycles. The van der Waals surface area contributed by atoms with E-state index < -0.39 is 33.7 Å². The van der Waals surface area contributed by atoms with Gasteiger partial charge in [-0.25, -0.2) is 4.79 Å². The zero-order chi connectivity index (χ0) is 24.5. The number of rotatable bonds is 4. The third kappa shape index (κ3) is 5.73. The molecule has 0 spiro atoms. The van der Waals surface area contributed by atoms with Gasteiger partial charge >= 0.3 is 6.09 Å². The van der Waals surface area contributed by atoms with Crippen molar-refractivity contribution in [1.29, 1.82) is 0 Å². The van der Waals surface area contributed by atoms with E-state index in [4.69, 9.17) is 51.1 Å². The molecule has 11 heteroatoms. The number of amides is 3. The topological polar surface area (TPSA) is 84.5 Å². The first kappa shape index (κ1) is 24.9. The van der Waals surface area contributed by atoms with E-state index in [9.17, 15) is 14.4 Å². The molecule has 3 aromatic carbocycles. The first-order chi connectivity index (χ1) is 16.1. The van der Waals surface area contributed by atoms with Crippen molar-refractivity contribution < 1.29 is 19.1 Å². The van der Waals surface area contributed by atoms with Crippen LogP contribution in [0.2, 0.25) is 5.02 Å². The molecule has 4 rings (SSSR count). The third-order valence-corrected chi connectivity index (χ3v) is 7.10. The lowest BCUT2D eigenvalue weighted by atomic mass is 9.94. The maximum Gasteiger partial charge on any atom is 0.414 e. The van der Waals surface area contributed by atoms with Gasteiger partial charge in [-0.15, -0.1) is 11.8 Å². The van der Waals surface area contributed by atoms with E-state index >= 15 is 0 Å². The predicted molar refractivity (Wildman–Crippen MR) is 136 cm³/mol. The van der Waals surface area contributed by atoms with Crippen molar-refractivity contribution in [2.75, 3.05) is 11.1 Å². The molecule has 0 saturated heterocycles. The Morgan fingerprint density at radius 3 is 2.47 bits per heavy atom. The Morgan fingerprint density at radius 1 is 1.00 bits per heavy atom. The first-order valence-corrected chi connectivity index (χ1v) is 12.4. The second kappa shape index (κ2) is 10.2. The van der Waals surface area contributed by atoms with Crippen LogP contribution in [0.3, 0.4) is 0 Å². The maximum absolute atomic E-state index is 13.3. The molecule has 34 heavy (non-hydrogen) atoms. The number of carbonyl (C=O) groups excluding carboxylic acids is 3. The number of anilines is 1. The van der Waals surface area contributed by atoms with E-state index in [0.29, 0.717) is 16.5 Å². The van der Waals surface area contributed by atoms with E-state index in [0.717, 1.165) is 21.2 Å². The van der Waals surface area contributed by atoms with Crippen LogP contribution < -0.4 is 10.6 Å². The molecule has 2 N–H and O–H groups in total. The second-order valence-electron chi connectivity index (χ2n) is 7.43. The number of fused-ring (bicyclic) bond motifs is 2. The molecule has 6 nitrogen and oxygen atoms in total. The number of ether oxygens (including phenoxy) is 1. The Bertz CT molecular complexity index is 1280. The molecule has 1 aliphatic rings. The normalized spacial score (nSPS) is 15.9. The molecular formula is C23H16Cl4N2O4S. The second-order valence-corrected chi connectivity index (χ2v) is 11.2. The highest BCUT2D eigenvalue weighted by Gasteiger charge is 2.39. The van der Waals surface area contributed by atoms with Gasteiger partial charge in [0.05, 0.1) is 0 Å². The number of benzene rings is 3. The molecule has 0 bridgehead atoms. The zero-order valence-corrected chi connectivity index (χ0v) is 21.0. The van der Waals surface area contributed by atoms with Crippen molar-refractivity contribution >= 4 is 92.5 Å². The molecule has 0 radical (unpaired) electrons. The smallest absolute Gasteiger partial charge is 0.414 e. The van der Waals surface area contributed by atoms with E-state index in [1.54, 1.807) is 18.2 Å². The summed E-state index contributed by atoms with van der Waals surface area (Å²) in [6, 6.07) is 18.4. The van der Waals surface area contributed by atoms with Crippen LogP contribution >= 0.6 is 58.2 Å². The summed E-state index contributed by atoms with van der Waals surface area (Å²) in [5.74, 6) is -1.84. The van der Waals surface area contributed by atoms with Crippen molar-refractivity contribution in [3.8, 4) is 0 Å². The minimum atomic E-state index is -2.37. The van der Waals surface area contributed by atoms with E-state index in [-0.39, 0.29) is 0 Å². The summed E-state index contributed by atoms with van der Waals surface area (Å²) in [5, 5.41) is 7.06. The lowest BCUT2D eigenvalue weighted by Gasteiger charge is -2.24. The molecule has 0 fully saturated rings. The Hall–Kier alpha value is -2.16. The number of thioether (sulfide) groups is 1. The molecular weight excluding hydrogens is 542 g/mol. The Kier molecular flexibility index (Phi) is 7.50. The van der Waals surface area contributed by atoms with Crippen LogP contribution in [0.25, 0.3) is 10.8 Å². The average molecular weight is 558 g/mol. The van der Waals surface area contributed by atoms with Gasteiger partial charge in [-0.3, -0.25) is 14.9 Å². The van der Waals surface area contributed by atoms with Crippen LogP contribution in [-0.2, 0) is 14.3 Å². The lowest BCUT2D eigenvalue weighted by molar-refractivity contribution is -0.126. The SMILES string of the molecule is O=C(NC(=O)C(Cl)(Cl)Cl)OC(C(=O)Nc1ccc2ccccc2c1)C1CSc2ccc(Cl)cc21. The fraction of sp³-hybridized carbons (Fsp3) is 0.174. The summed E-state index contributed by atoms with van der Waals surface area (Å²) in [6.45, 7) is 0. The molecule has 0 aromatic heterocycles. The number of nitrogens with one attached hydrogen (secondary N) is 2. The maximum atomic E-state index is 13.3. The molecule has 0 saturated carbocycles. The molecule has 176 valence electrons. The summed E-state index contributed by atoms with van der Waals surface area (Å²) < 4.78 is 3.03. The van der Waals surface area contributed by atoms with Crippen LogP contribution in [0.15, 0.2) is 65.6 Å². The average Bonchev–Trinajstić information content (AvgIpc) is 3.19. The number of carbonyl (C=O) groups is 3. The molecule has 3 amide bonds. The number of imide groups is 1. The Balaban J connectivity index is 1.60. The standard InChI is InChI=1S/C23H16Cl4N2O4S/c24-14-6-8-18-16(10-14)17(11-34-18)19(33-22(32)29-21(31)23(25,26)27)20(30)28-15-7-5-12-3-1-2-4-13(12)9-15/h1-10,17,19H,11H2,(H,28,30)(H,29,31,32). The highest BCUT2D eigenvalue weighted by Crippen LogP contribution is 2.43. The predicted octanol–water partition coefficient (Wildman–Crippen LogP) is 6.31. The number of hydrogen-bond donors (Lipinski definition) is 2. The minimum Gasteiger partial charge on any atom is -0.435 e. The van der Waals surface area contributed by atoms with Gasteiger partial charge < -0.3 is 10.1 Å². The number of alkyl carbamates (subject to hydrolysis) is 1.